The van der Waals surface area contributed by atoms with Crippen LogP contribution in [-0.2, 0) is 0 Å². The maximum Gasteiger partial charge on any atom is 0.282 e. The molecule has 0 saturated heterocycles. The largest absolute Gasteiger partial charge is 0.508 e. The molecule has 17 heavy (non-hydrogen) atoms. The number of hydrogen-bond donors (Lipinski definition) is 3. The molecule has 0 saturated carbocycles. The Labute approximate surface area is 99.1 Å². The fraction of sp³-hybridized carbons (Fsp3) is 0.500. The van der Waals surface area contributed by atoms with Gasteiger partial charge in [-0.25, -0.2) is 8.78 Å². The zero-order valence-corrected chi connectivity index (χ0v) is 9.87. The van der Waals surface area contributed by atoms with Gasteiger partial charge in [-0.05, 0) is 19.9 Å². The number of halogens is 2. The first-order valence-corrected chi connectivity index (χ1v) is 5.37. The van der Waals surface area contributed by atoms with Crippen molar-refractivity contribution in [2.45, 2.75) is 25.8 Å². The van der Waals surface area contributed by atoms with E-state index in [0.717, 1.165) is 5.56 Å². The van der Waals surface area contributed by atoms with Crippen LogP contribution in [-0.4, -0.2) is 29.3 Å². The lowest BCUT2D eigenvalue weighted by atomic mass is 10.0. The molecule has 1 atom stereocenters. The molecule has 3 N–H and O–H groups in total. The molecule has 3 nitrogen and oxygen atoms in total. The van der Waals surface area contributed by atoms with E-state index in [9.17, 15) is 13.9 Å². The first-order chi connectivity index (χ1) is 7.85. The Balaban J connectivity index is 2.70. The maximum absolute atomic E-state index is 12.8. The smallest absolute Gasteiger partial charge is 0.282 e. The normalized spacial score (nSPS) is 13.7. The highest BCUT2D eigenvalue weighted by Gasteiger charge is 2.28. The van der Waals surface area contributed by atoms with E-state index in [-0.39, 0.29) is 5.75 Å². The van der Waals surface area contributed by atoms with E-state index in [2.05, 4.69) is 5.32 Å². The molecule has 0 heterocycles. The second-order valence-electron chi connectivity index (χ2n) is 4.18. The fourth-order valence-electron chi connectivity index (χ4n) is 1.49. The monoisotopic (exact) mass is 245 g/mol. The lowest BCUT2D eigenvalue weighted by molar-refractivity contribution is -0.0491. The van der Waals surface area contributed by atoms with Crippen LogP contribution >= 0.6 is 0 Å². The Morgan fingerprint density at radius 2 is 2.06 bits per heavy atom. The average molecular weight is 245 g/mol. The zero-order valence-electron chi connectivity index (χ0n) is 9.87. The van der Waals surface area contributed by atoms with Crippen LogP contribution in [0.4, 0.5) is 8.78 Å². The minimum Gasteiger partial charge on any atom is -0.508 e. The number of rotatable bonds is 5. The predicted octanol–water partition coefficient (Wildman–Crippen LogP) is 1.98. The van der Waals surface area contributed by atoms with Crippen LogP contribution in [0.15, 0.2) is 18.2 Å². The molecule has 0 aliphatic heterocycles. The molecular weight excluding hydrogens is 228 g/mol. The molecule has 0 aromatic heterocycles. The van der Waals surface area contributed by atoms with Gasteiger partial charge < -0.3 is 15.5 Å². The summed E-state index contributed by atoms with van der Waals surface area (Å²) in [6.45, 7) is 1.73. The molecule has 0 radical (unpaired) electrons. The number of aryl methyl sites for hydroxylation is 1. The van der Waals surface area contributed by atoms with Crippen LogP contribution in [0.25, 0.3) is 0 Å². The van der Waals surface area contributed by atoms with Crippen LogP contribution in [0.3, 0.4) is 0 Å². The van der Waals surface area contributed by atoms with Gasteiger partial charge in [-0.1, -0.05) is 17.7 Å². The van der Waals surface area contributed by atoms with Crippen molar-refractivity contribution in [3.63, 3.8) is 0 Å². The van der Waals surface area contributed by atoms with Gasteiger partial charge in [0.25, 0.3) is 5.92 Å². The van der Waals surface area contributed by atoms with E-state index in [4.69, 9.17) is 5.11 Å². The number of phenols is 1. The number of alkyl halides is 2. The molecule has 0 aliphatic carbocycles. The van der Waals surface area contributed by atoms with Gasteiger partial charge in [0, 0.05) is 11.6 Å². The predicted molar refractivity (Wildman–Crippen MR) is 61.3 cm³/mol. The number of phenolic OH excluding ortho intramolecular Hbond substituents is 1. The molecule has 1 unspecified atom stereocenters. The Hall–Kier alpha value is -1.20. The average Bonchev–Trinajstić information content (AvgIpc) is 2.29. The van der Waals surface area contributed by atoms with Crippen molar-refractivity contribution in [3.8, 4) is 5.75 Å². The molecule has 0 spiro atoms. The van der Waals surface area contributed by atoms with Gasteiger partial charge in [-0.2, -0.15) is 0 Å². The standard InChI is InChI=1S/C12H17F2NO2/c1-8-3-4-11(17)10(5-8)9(2)15-6-12(13,14)7-16/h3-5,9,15-17H,6-7H2,1-2H3. The molecule has 5 heteroatoms. The first kappa shape index (κ1) is 13.9. The topological polar surface area (TPSA) is 52.5 Å². The highest BCUT2D eigenvalue weighted by Crippen LogP contribution is 2.25. The lowest BCUT2D eigenvalue weighted by Gasteiger charge is -2.20. The van der Waals surface area contributed by atoms with Gasteiger partial charge in [0.2, 0.25) is 0 Å². The summed E-state index contributed by atoms with van der Waals surface area (Å²) in [5.41, 5.74) is 1.51. The zero-order chi connectivity index (χ0) is 13.1. The highest BCUT2D eigenvalue weighted by atomic mass is 19.3. The van der Waals surface area contributed by atoms with Crippen LogP contribution in [0.5, 0.6) is 5.75 Å². The summed E-state index contributed by atoms with van der Waals surface area (Å²) in [6, 6.07) is 4.61. The van der Waals surface area contributed by atoms with E-state index >= 15 is 0 Å². The highest BCUT2D eigenvalue weighted by molar-refractivity contribution is 5.37. The van der Waals surface area contributed by atoms with Crippen molar-refractivity contribution in [1.82, 2.24) is 5.32 Å². The van der Waals surface area contributed by atoms with E-state index in [1.807, 2.05) is 6.92 Å². The number of hydrogen-bond acceptors (Lipinski definition) is 3. The van der Waals surface area contributed by atoms with Crippen molar-refractivity contribution >= 4 is 0 Å². The van der Waals surface area contributed by atoms with Gasteiger partial charge in [-0.3, -0.25) is 0 Å². The Morgan fingerprint density at radius 3 is 2.65 bits per heavy atom. The number of benzene rings is 1. The summed E-state index contributed by atoms with van der Waals surface area (Å²) in [7, 11) is 0. The number of aliphatic hydroxyl groups excluding tert-OH is 1. The van der Waals surface area contributed by atoms with Gasteiger partial charge >= 0.3 is 0 Å². The minimum atomic E-state index is -3.15. The summed E-state index contributed by atoms with van der Waals surface area (Å²) in [4.78, 5) is 0. The second kappa shape index (κ2) is 5.42. The van der Waals surface area contributed by atoms with Gasteiger partial charge in [0.1, 0.15) is 12.4 Å². The van der Waals surface area contributed by atoms with Gasteiger partial charge in [0.05, 0.1) is 6.54 Å². The lowest BCUT2D eigenvalue weighted by Crippen LogP contribution is -2.37. The van der Waals surface area contributed by atoms with Crippen LogP contribution < -0.4 is 5.32 Å². The molecule has 1 aromatic carbocycles. The van der Waals surface area contributed by atoms with E-state index in [1.165, 1.54) is 6.07 Å². The van der Waals surface area contributed by atoms with E-state index < -0.39 is 25.1 Å². The van der Waals surface area contributed by atoms with Crippen molar-refractivity contribution in [2.24, 2.45) is 0 Å². The third-order valence-electron chi connectivity index (χ3n) is 2.55. The maximum atomic E-state index is 12.8. The third kappa shape index (κ3) is 3.94. The molecule has 0 amide bonds. The minimum absolute atomic E-state index is 0.0721. The molecule has 96 valence electrons. The number of aliphatic hydroxyl groups is 1. The summed E-state index contributed by atoms with van der Waals surface area (Å²) >= 11 is 0. The summed E-state index contributed by atoms with van der Waals surface area (Å²) in [5.74, 6) is -3.07. The molecular formula is C12H17F2NO2. The van der Waals surface area contributed by atoms with E-state index in [0.29, 0.717) is 5.56 Å². The third-order valence-corrected chi connectivity index (χ3v) is 2.55. The molecule has 0 aliphatic rings. The quantitative estimate of drug-likeness (QED) is 0.743. The Kier molecular flexibility index (Phi) is 4.42. The van der Waals surface area contributed by atoms with Crippen LogP contribution in [0.1, 0.15) is 24.1 Å². The summed E-state index contributed by atoms with van der Waals surface area (Å²) in [5, 5.41) is 20.6. The van der Waals surface area contributed by atoms with Crippen LogP contribution in [0, 0.1) is 6.92 Å². The van der Waals surface area contributed by atoms with Crippen molar-refractivity contribution in [3.05, 3.63) is 29.3 Å². The van der Waals surface area contributed by atoms with Crippen molar-refractivity contribution in [1.29, 1.82) is 0 Å². The van der Waals surface area contributed by atoms with Gasteiger partial charge in [-0.15, -0.1) is 0 Å². The van der Waals surface area contributed by atoms with Crippen LogP contribution in [0.2, 0.25) is 0 Å². The SMILES string of the molecule is Cc1ccc(O)c(C(C)NCC(F)(F)CO)c1. The Bertz CT molecular complexity index is 383. The van der Waals surface area contributed by atoms with Crippen molar-refractivity contribution < 1.29 is 19.0 Å². The summed E-state index contributed by atoms with van der Waals surface area (Å²) < 4.78 is 25.7. The number of aromatic hydroxyl groups is 1. The van der Waals surface area contributed by atoms with Gasteiger partial charge in [0.15, 0.2) is 0 Å². The Morgan fingerprint density at radius 1 is 1.41 bits per heavy atom. The fourth-order valence-corrected chi connectivity index (χ4v) is 1.49. The molecule has 1 aromatic rings. The number of nitrogens with one attached hydrogen (secondary N) is 1. The van der Waals surface area contributed by atoms with E-state index in [1.54, 1.807) is 19.1 Å². The second-order valence-corrected chi connectivity index (χ2v) is 4.18. The summed E-state index contributed by atoms with van der Waals surface area (Å²) in [6.07, 6.45) is 0. The molecule has 0 bridgehead atoms. The molecule has 0 fully saturated rings. The molecule has 1 rings (SSSR count). The first-order valence-electron chi connectivity index (χ1n) is 5.37. The van der Waals surface area contributed by atoms with Crippen molar-refractivity contribution in [2.75, 3.05) is 13.2 Å².